The third kappa shape index (κ3) is 3.99. The summed E-state index contributed by atoms with van der Waals surface area (Å²) in [6, 6.07) is 0. The Morgan fingerprint density at radius 3 is 2.88 bits per heavy atom. The lowest BCUT2D eigenvalue weighted by Crippen LogP contribution is -2.08. The molecule has 0 aliphatic carbocycles. The van der Waals surface area contributed by atoms with Crippen LogP contribution in [-0.2, 0) is 9.53 Å². The Hall–Kier alpha value is -0.180. The van der Waals surface area contributed by atoms with Gasteiger partial charge in [0.05, 0.1) is 0 Å². The molecule has 48 valence electrons. The summed E-state index contributed by atoms with van der Waals surface area (Å²) in [4.78, 5) is 9.66. The summed E-state index contributed by atoms with van der Waals surface area (Å²) in [7, 11) is 0. The smallest absolute Gasteiger partial charge is 0.293 e. The molecule has 0 aliphatic rings. The molecule has 8 heavy (non-hydrogen) atoms. The van der Waals surface area contributed by atoms with E-state index in [9.17, 15) is 4.79 Å². The molecule has 0 saturated carbocycles. The second kappa shape index (κ2) is 4.97. The summed E-state index contributed by atoms with van der Waals surface area (Å²) >= 11 is 1.67. The van der Waals surface area contributed by atoms with Gasteiger partial charge in [-0.25, -0.2) is 0 Å². The molecule has 2 nitrogen and oxygen atoms in total. The highest BCUT2D eigenvalue weighted by Crippen LogP contribution is 1.98. The molecule has 0 rings (SSSR count). The van der Waals surface area contributed by atoms with Gasteiger partial charge in [0.15, 0.2) is 0 Å². The summed E-state index contributed by atoms with van der Waals surface area (Å²) < 4.78 is 4.58. The molecule has 0 radical (unpaired) electrons. The highest BCUT2D eigenvalue weighted by atomic mass is 32.2. The fourth-order valence-corrected chi connectivity index (χ4v) is 0.917. The van der Waals surface area contributed by atoms with E-state index in [4.69, 9.17) is 0 Å². The molecule has 0 amide bonds. The van der Waals surface area contributed by atoms with Crippen molar-refractivity contribution in [2.75, 3.05) is 12.0 Å². The minimum absolute atomic E-state index is 0.0579. The van der Waals surface area contributed by atoms with Crippen LogP contribution in [-0.4, -0.2) is 24.6 Å². The Bertz CT molecular complexity index is 65.4. The highest BCUT2D eigenvalue weighted by Gasteiger charge is 1.96. The third-order valence-corrected chi connectivity index (χ3v) is 1.49. The standard InChI is InChI=1S/C5H10O2S/c1-5(3-8-2)7-4-6/h4-5H,3H2,1-2H3. The molecule has 0 aromatic carbocycles. The van der Waals surface area contributed by atoms with E-state index in [-0.39, 0.29) is 6.10 Å². The van der Waals surface area contributed by atoms with Gasteiger partial charge in [-0.15, -0.1) is 0 Å². The number of hydrogen-bond donors (Lipinski definition) is 0. The van der Waals surface area contributed by atoms with Gasteiger partial charge >= 0.3 is 0 Å². The van der Waals surface area contributed by atoms with Gasteiger partial charge in [0.1, 0.15) is 6.10 Å². The fraction of sp³-hybridized carbons (Fsp3) is 0.800. The van der Waals surface area contributed by atoms with E-state index in [1.165, 1.54) is 0 Å². The van der Waals surface area contributed by atoms with Gasteiger partial charge in [0.25, 0.3) is 6.47 Å². The molecule has 0 bridgehead atoms. The monoisotopic (exact) mass is 134 g/mol. The predicted octanol–water partition coefficient (Wildman–Crippen LogP) is 0.911. The molecule has 3 heteroatoms. The maximum absolute atomic E-state index is 9.66. The van der Waals surface area contributed by atoms with Crippen LogP contribution in [0.15, 0.2) is 0 Å². The van der Waals surface area contributed by atoms with E-state index >= 15 is 0 Å². The van der Waals surface area contributed by atoms with Crippen LogP contribution >= 0.6 is 11.8 Å². The van der Waals surface area contributed by atoms with Gasteiger partial charge in [0.2, 0.25) is 0 Å². The van der Waals surface area contributed by atoms with Gasteiger partial charge in [-0.05, 0) is 13.2 Å². The molecule has 0 heterocycles. The maximum atomic E-state index is 9.66. The normalized spacial score (nSPS) is 12.8. The van der Waals surface area contributed by atoms with Crippen molar-refractivity contribution in [3.05, 3.63) is 0 Å². The summed E-state index contributed by atoms with van der Waals surface area (Å²) in [5, 5.41) is 0. The number of ether oxygens (including phenoxy) is 1. The zero-order chi connectivity index (χ0) is 6.41. The highest BCUT2D eigenvalue weighted by molar-refractivity contribution is 7.98. The Morgan fingerprint density at radius 1 is 1.88 bits per heavy atom. The van der Waals surface area contributed by atoms with Crippen molar-refractivity contribution in [2.45, 2.75) is 13.0 Å². The zero-order valence-corrected chi connectivity index (χ0v) is 5.90. The average molecular weight is 134 g/mol. The predicted molar refractivity (Wildman–Crippen MR) is 35.0 cm³/mol. The fourth-order valence-electron chi connectivity index (χ4n) is 0.369. The van der Waals surface area contributed by atoms with E-state index in [0.29, 0.717) is 6.47 Å². The Kier molecular flexibility index (Phi) is 4.85. The molecule has 0 aromatic rings. The minimum atomic E-state index is 0.0579. The van der Waals surface area contributed by atoms with Gasteiger partial charge in [-0.1, -0.05) is 0 Å². The van der Waals surface area contributed by atoms with Crippen molar-refractivity contribution in [2.24, 2.45) is 0 Å². The van der Waals surface area contributed by atoms with Crippen molar-refractivity contribution in [1.82, 2.24) is 0 Å². The molecular weight excluding hydrogens is 124 g/mol. The molecule has 0 aromatic heterocycles. The van der Waals surface area contributed by atoms with Gasteiger partial charge < -0.3 is 4.74 Å². The summed E-state index contributed by atoms with van der Waals surface area (Å²) in [5.74, 6) is 0.874. The van der Waals surface area contributed by atoms with Crippen LogP contribution in [0.2, 0.25) is 0 Å². The molecule has 0 aliphatic heterocycles. The lowest BCUT2D eigenvalue weighted by molar-refractivity contribution is -0.131. The first-order valence-corrected chi connectivity index (χ1v) is 3.78. The topological polar surface area (TPSA) is 26.3 Å². The van der Waals surface area contributed by atoms with Crippen LogP contribution in [0.3, 0.4) is 0 Å². The van der Waals surface area contributed by atoms with Crippen LogP contribution in [0, 0.1) is 0 Å². The Balaban J connectivity index is 3.03. The first kappa shape index (κ1) is 7.82. The third-order valence-electron chi connectivity index (χ3n) is 0.689. The van der Waals surface area contributed by atoms with Gasteiger partial charge in [-0.2, -0.15) is 11.8 Å². The summed E-state index contributed by atoms with van der Waals surface area (Å²) in [5.41, 5.74) is 0. The van der Waals surface area contributed by atoms with Crippen LogP contribution in [0.25, 0.3) is 0 Å². The molecule has 1 atom stereocenters. The number of carbonyl (C=O) groups is 1. The van der Waals surface area contributed by atoms with Crippen molar-refractivity contribution >= 4 is 18.2 Å². The number of thioether (sulfide) groups is 1. The Labute approximate surface area is 53.6 Å². The van der Waals surface area contributed by atoms with Crippen molar-refractivity contribution in [1.29, 1.82) is 0 Å². The van der Waals surface area contributed by atoms with E-state index in [1.54, 1.807) is 11.8 Å². The first-order chi connectivity index (χ1) is 3.81. The van der Waals surface area contributed by atoms with Crippen molar-refractivity contribution in [3.8, 4) is 0 Å². The minimum Gasteiger partial charge on any atom is -0.464 e. The molecular formula is C5H10O2S. The van der Waals surface area contributed by atoms with Crippen LogP contribution in [0.4, 0.5) is 0 Å². The number of carbonyl (C=O) groups excluding carboxylic acids is 1. The van der Waals surface area contributed by atoms with Crippen LogP contribution in [0.5, 0.6) is 0 Å². The van der Waals surface area contributed by atoms with E-state index < -0.39 is 0 Å². The van der Waals surface area contributed by atoms with E-state index in [0.717, 1.165) is 5.75 Å². The van der Waals surface area contributed by atoms with E-state index in [1.807, 2.05) is 13.2 Å². The van der Waals surface area contributed by atoms with Gasteiger partial charge in [0, 0.05) is 5.75 Å². The van der Waals surface area contributed by atoms with Crippen molar-refractivity contribution in [3.63, 3.8) is 0 Å². The average Bonchev–Trinajstić information content (AvgIpc) is 1.68. The van der Waals surface area contributed by atoms with Crippen molar-refractivity contribution < 1.29 is 9.53 Å². The SMILES string of the molecule is CSCC(C)OC=O. The Morgan fingerprint density at radius 2 is 2.50 bits per heavy atom. The molecule has 0 spiro atoms. The largest absolute Gasteiger partial charge is 0.464 e. The van der Waals surface area contributed by atoms with Crippen LogP contribution < -0.4 is 0 Å². The number of hydrogen-bond acceptors (Lipinski definition) is 3. The molecule has 1 unspecified atom stereocenters. The molecule has 0 saturated heterocycles. The van der Waals surface area contributed by atoms with Gasteiger partial charge in [-0.3, -0.25) is 4.79 Å². The maximum Gasteiger partial charge on any atom is 0.293 e. The molecule has 0 fully saturated rings. The lowest BCUT2D eigenvalue weighted by atomic mass is 10.5. The second-order valence-corrected chi connectivity index (χ2v) is 2.41. The lowest BCUT2D eigenvalue weighted by Gasteiger charge is -2.04. The molecule has 0 N–H and O–H groups in total. The first-order valence-electron chi connectivity index (χ1n) is 2.39. The van der Waals surface area contributed by atoms with Crippen LogP contribution in [0.1, 0.15) is 6.92 Å². The second-order valence-electron chi connectivity index (χ2n) is 1.50. The van der Waals surface area contributed by atoms with E-state index in [2.05, 4.69) is 4.74 Å². The zero-order valence-electron chi connectivity index (χ0n) is 5.09. The summed E-state index contributed by atoms with van der Waals surface area (Å²) in [6.45, 7) is 2.35. The quantitative estimate of drug-likeness (QED) is 0.535. The number of rotatable bonds is 4. The summed E-state index contributed by atoms with van der Waals surface area (Å²) in [6.07, 6.45) is 2.03.